The summed E-state index contributed by atoms with van der Waals surface area (Å²) in [7, 11) is 1.38. The minimum atomic E-state index is -0.939. The average Bonchev–Trinajstić information content (AvgIpc) is 3.55. The van der Waals surface area contributed by atoms with Crippen LogP contribution in [0.1, 0.15) is 48.8 Å². The predicted molar refractivity (Wildman–Crippen MR) is 145 cm³/mol. The molecule has 0 bridgehead atoms. The minimum absolute atomic E-state index is 0.252. The lowest BCUT2D eigenvalue weighted by Crippen LogP contribution is -2.41. The molecule has 200 valence electrons. The van der Waals surface area contributed by atoms with Gasteiger partial charge in [0.15, 0.2) is 11.6 Å². The maximum atomic E-state index is 14.2. The Hall–Kier alpha value is -3.32. The van der Waals surface area contributed by atoms with Gasteiger partial charge in [0, 0.05) is 35.6 Å². The van der Waals surface area contributed by atoms with Crippen molar-refractivity contribution < 1.29 is 23.0 Å². The number of halogens is 3. The van der Waals surface area contributed by atoms with E-state index in [1.165, 1.54) is 32.1 Å². The van der Waals surface area contributed by atoms with E-state index in [0.29, 0.717) is 53.9 Å². The van der Waals surface area contributed by atoms with Crippen molar-refractivity contribution in [1.29, 1.82) is 0 Å². The van der Waals surface area contributed by atoms with Crippen molar-refractivity contribution in [3.05, 3.63) is 87.9 Å². The number of esters is 1. The highest BCUT2D eigenvalue weighted by atomic mass is 35.5. The summed E-state index contributed by atoms with van der Waals surface area (Å²) in [6.07, 6.45) is 6.05. The third-order valence-electron chi connectivity index (χ3n) is 7.45. The van der Waals surface area contributed by atoms with Gasteiger partial charge < -0.3 is 20.1 Å². The second kappa shape index (κ2) is 11.2. The first-order chi connectivity index (χ1) is 18.3. The van der Waals surface area contributed by atoms with Crippen molar-refractivity contribution in [3.8, 4) is 5.75 Å². The smallest absolute Gasteiger partial charge is 0.305 e. The highest BCUT2D eigenvalue weighted by Gasteiger charge is 2.41. The number of nitrogens with one attached hydrogen (secondary N) is 2. The van der Waals surface area contributed by atoms with Crippen LogP contribution in [0.4, 0.5) is 20.2 Å². The largest absolute Gasteiger partial charge is 0.493 e. The standard InChI is InChI=1S/C30H31ClF2N2O3/c1-37-29(36)13-10-19-6-8-20(9-7-19)17-30(34-26-15-24(32)25(33)16-27(26)35-30)23-12-11-22(31)14-28(23)38-18-21-4-2-3-5-21/h6-9,11-12,14-16,21,34-35H,2-5,10,13,17-18H2,1H3. The van der Waals surface area contributed by atoms with Crippen LogP contribution >= 0.6 is 11.6 Å². The average molecular weight is 541 g/mol. The van der Waals surface area contributed by atoms with E-state index in [9.17, 15) is 13.6 Å². The summed E-state index contributed by atoms with van der Waals surface area (Å²) < 4.78 is 39.4. The number of carbonyl (C=O) groups is 1. The molecule has 8 heteroatoms. The Balaban J connectivity index is 1.47. The van der Waals surface area contributed by atoms with Crippen LogP contribution in [0.5, 0.6) is 5.75 Å². The molecule has 1 fully saturated rings. The fraction of sp³-hybridized carbons (Fsp3) is 0.367. The van der Waals surface area contributed by atoms with Crippen LogP contribution in [0.2, 0.25) is 5.02 Å². The third-order valence-corrected chi connectivity index (χ3v) is 7.68. The van der Waals surface area contributed by atoms with Crippen LogP contribution in [0.25, 0.3) is 0 Å². The highest BCUT2D eigenvalue weighted by Crippen LogP contribution is 2.46. The van der Waals surface area contributed by atoms with Gasteiger partial charge in [-0.3, -0.25) is 4.79 Å². The number of benzene rings is 3. The SMILES string of the molecule is COC(=O)CCc1ccc(CC2(c3ccc(Cl)cc3OCC3CCCC3)Nc3cc(F)c(F)cc3N2)cc1. The van der Waals surface area contributed by atoms with Gasteiger partial charge in [-0.25, -0.2) is 8.78 Å². The molecule has 38 heavy (non-hydrogen) atoms. The molecule has 2 aliphatic rings. The van der Waals surface area contributed by atoms with Crippen LogP contribution in [0, 0.1) is 17.6 Å². The van der Waals surface area contributed by atoms with Crippen LogP contribution in [-0.2, 0) is 28.0 Å². The highest BCUT2D eigenvalue weighted by molar-refractivity contribution is 6.30. The molecule has 5 rings (SSSR count). The lowest BCUT2D eigenvalue weighted by molar-refractivity contribution is -0.140. The van der Waals surface area contributed by atoms with E-state index in [-0.39, 0.29) is 5.97 Å². The lowest BCUT2D eigenvalue weighted by Gasteiger charge is -2.33. The van der Waals surface area contributed by atoms with Gasteiger partial charge in [0.05, 0.1) is 25.1 Å². The number of rotatable bonds is 9. The molecule has 0 aromatic heterocycles. The Morgan fingerprint density at radius 3 is 2.24 bits per heavy atom. The molecule has 0 spiro atoms. The number of hydrogen-bond acceptors (Lipinski definition) is 5. The summed E-state index contributed by atoms with van der Waals surface area (Å²) in [5, 5.41) is 7.41. The molecule has 1 aliphatic carbocycles. The third kappa shape index (κ3) is 5.73. The first-order valence-electron chi connectivity index (χ1n) is 13.0. The zero-order chi connectivity index (χ0) is 26.7. The maximum absolute atomic E-state index is 14.2. The molecule has 0 unspecified atom stereocenters. The van der Waals surface area contributed by atoms with E-state index in [1.54, 1.807) is 12.1 Å². The molecule has 3 aromatic rings. The summed E-state index contributed by atoms with van der Waals surface area (Å²) in [6.45, 7) is 0.592. The van der Waals surface area contributed by atoms with Crippen molar-refractivity contribution in [1.82, 2.24) is 0 Å². The number of hydrogen-bond donors (Lipinski definition) is 2. The van der Waals surface area contributed by atoms with Gasteiger partial charge in [-0.05, 0) is 54.5 Å². The van der Waals surface area contributed by atoms with E-state index in [0.717, 1.165) is 29.5 Å². The predicted octanol–water partition coefficient (Wildman–Crippen LogP) is 7.23. The second-order valence-corrected chi connectivity index (χ2v) is 10.6. The zero-order valence-electron chi connectivity index (χ0n) is 21.3. The summed E-state index contributed by atoms with van der Waals surface area (Å²) >= 11 is 6.38. The Morgan fingerprint density at radius 2 is 1.61 bits per heavy atom. The topological polar surface area (TPSA) is 59.6 Å². The van der Waals surface area contributed by atoms with Gasteiger partial charge >= 0.3 is 5.97 Å². The van der Waals surface area contributed by atoms with E-state index in [2.05, 4.69) is 10.6 Å². The Kier molecular flexibility index (Phi) is 7.75. The molecule has 1 aliphatic heterocycles. The number of anilines is 2. The molecule has 5 nitrogen and oxygen atoms in total. The van der Waals surface area contributed by atoms with Crippen molar-refractivity contribution >= 4 is 28.9 Å². The fourth-order valence-corrected chi connectivity index (χ4v) is 5.56. The van der Waals surface area contributed by atoms with Crippen molar-refractivity contribution in [2.24, 2.45) is 5.92 Å². The first-order valence-corrected chi connectivity index (χ1v) is 13.4. The molecule has 0 radical (unpaired) electrons. The number of fused-ring (bicyclic) bond motifs is 1. The minimum Gasteiger partial charge on any atom is -0.493 e. The van der Waals surface area contributed by atoms with E-state index in [1.807, 2.05) is 30.3 Å². The van der Waals surface area contributed by atoms with Gasteiger partial charge in [0.1, 0.15) is 11.4 Å². The zero-order valence-corrected chi connectivity index (χ0v) is 22.0. The van der Waals surface area contributed by atoms with Crippen molar-refractivity contribution in [2.75, 3.05) is 24.4 Å². The summed E-state index contributed by atoms with van der Waals surface area (Å²) in [5.41, 5.74) is 2.79. The monoisotopic (exact) mass is 540 g/mol. The van der Waals surface area contributed by atoms with Crippen LogP contribution in [0.15, 0.2) is 54.6 Å². The first kappa shape index (κ1) is 26.3. The Labute approximate surface area is 226 Å². The number of ether oxygens (including phenoxy) is 2. The van der Waals surface area contributed by atoms with Crippen molar-refractivity contribution in [2.45, 2.75) is 50.6 Å². The molecule has 0 amide bonds. The van der Waals surface area contributed by atoms with Gasteiger partial charge in [0.25, 0.3) is 0 Å². The van der Waals surface area contributed by atoms with Crippen molar-refractivity contribution in [3.63, 3.8) is 0 Å². The summed E-state index contributed by atoms with van der Waals surface area (Å²) in [4.78, 5) is 11.5. The van der Waals surface area contributed by atoms with Gasteiger partial charge in [-0.15, -0.1) is 0 Å². The Bertz CT molecular complexity index is 1280. The van der Waals surface area contributed by atoms with E-state index in [4.69, 9.17) is 21.1 Å². The second-order valence-electron chi connectivity index (χ2n) is 10.1. The molecular weight excluding hydrogens is 510 g/mol. The molecule has 0 atom stereocenters. The maximum Gasteiger partial charge on any atom is 0.305 e. The lowest BCUT2D eigenvalue weighted by atomic mass is 9.90. The summed E-state index contributed by atoms with van der Waals surface area (Å²) in [5.74, 6) is -0.958. The van der Waals surface area contributed by atoms with Gasteiger partial charge in [-0.2, -0.15) is 0 Å². The Morgan fingerprint density at radius 1 is 0.974 bits per heavy atom. The van der Waals surface area contributed by atoms with Gasteiger partial charge in [0.2, 0.25) is 0 Å². The van der Waals surface area contributed by atoms with E-state index < -0.39 is 17.3 Å². The molecular formula is C30H31ClF2N2O3. The number of aryl methyl sites for hydroxylation is 1. The molecule has 3 aromatic carbocycles. The molecule has 1 saturated carbocycles. The molecule has 1 heterocycles. The molecule has 2 N–H and O–H groups in total. The number of carbonyl (C=O) groups excluding carboxylic acids is 1. The van der Waals surface area contributed by atoms with Crippen LogP contribution < -0.4 is 15.4 Å². The normalized spacial score (nSPS) is 16.0. The van der Waals surface area contributed by atoms with Crippen LogP contribution in [0.3, 0.4) is 0 Å². The van der Waals surface area contributed by atoms with E-state index >= 15 is 0 Å². The fourth-order valence-electron chi connectivity index (χ4n) is 5.39. The molecule has 0 saturated heterocycles. The number of methoxy groups -OCH3 is 1. The van der Waals surface area contributed by atoms with Crippen LogP contribution in [-0.4, -0.2) is 19.7 Å². The van der Waals surface area contributed by atoms with Gasteiger partial charge in [-0.1, -0.05) is 48.7 Å². The quantitative estimate of drug-likeness (QED) is 0.280. The summed E-state index contributed by atoms with van der Waals surface area (Å²) in [6, 6.07) is 15.8.